The second-order valence-electron chi connectivity index (χ2n) is 5.34. The summed E-state index contributed by atoms with van der Waals surface area (Å²) in [5.41, 5.74) is 5.64. The van der Waals surface area contributed by atoms with Crippen LogP contribution in [0.5, 0.6) is 0 Å². The summed E-state index contributed by atoms with van der Waals surface area (Å²) in [6.07, 6.45) is 2.15. The third-order valence-electron chi connectivity index (χ3n) is 3.79. The summed E-state index contributed by atoms with van der Waals surface area (Å²) >= 11 is 0. The van der Waals surface area contributed by atoms with Crippen molar-refractivity contribution in [2.75, 3.05) is 18.1 Å². The minimum absolute atomic E-state index is 0.0210. The molecular formula is C10H20N2O4S2. The average molecular weight is 296 g/mol. The van der Waals surface area contributed by atoms with Gasteiger partial charge in [-0.2, -0.15) is 0 Å². The first kappa shape index (κ1) is 14.2. The molecule has 1 aliphatic heterocycles. The Labute approximate surface area is 108 Å². The van der Waals surface area contributed by atoms with Crippen LogP contribution in [0, 0.1) is 5.92 Å². The van der Waals surface area contributed by atoms with Gasteiger partial charge in [-0.1, -0.05) is 0 Å². The third-order valence-corrected chi connectivity index (χ3v) is 7.42. The smallest absolute Gasteiger partial charge is 0.214 e. The van der Waals surface area contributed by atoms with Crippen molar-refractivity contribution in [1.29, 1.82) is 0 Å². The van der Waals surface area contributed by atoms with Gasteiger partial charge in [0, 0.05) is 12.6 Å². The lowest BCUT2D eigenvalue weighted by Gasteiger charge is -2.33. The van der Waals surface area contributed by atoms with Crippen LogP contribution in [0.2, 0.25) is 0 Å². The maximum Gasteiger partial charge on any atom is 0.214 e. The largest absolute Gasteiger partial charge is 0.328 e. The van der Waals surface area contributed by atoms with Crippen LogP contribution >= 0.6 is 0 Å². The zero-order valence-corrected chi connectivity index (χ0v) is 11.8. The topological polar surface area (TPSA) is 106 Å². The predicted molar refractivity (Wildman–Crippen MR) is 69.3 cm³/mol. The van der Waals surface area contributed by atoms with Gasteiger partial charge in [0.05, 0.1) is 16.8 Å². The van der Waals surface area contributed by atoms with E-state index in [4.69, 9.17) is 5.73 Å². The van der Waals surface area contributed by atoms with Crippen molar-refractivity contribution < 1.29 is 16.8 Å². The van der Waals surface area contributed by atoms with Gasteiger partial charge in [-0.3, -0.25) is 0 Å². The molecule has 1 aliphatic carbocycles. The number of nitrogens with one attached hydrogen (secondary N) is 1. The van der Waals surface area contributed by atoms with Crippen molar-refractivity contribution in [3.05, 3.63) is 0 Å². The van der Waals surface area contributed by atoms with E-state index in [1.807, 2.05) is 0 Å². The Kier molecular flexibility index (Phi) is 4.01. The van der Waals surface area contributed by atoms with Crippen LogP contribution in [0.1, 0.15) is 25.7 Å². The second kappa shape index (κ2) is 5.07. The number of nitrogens with two attached hydrogens (primary N) is 1. The van der Waals surface area contributed by atoms with Gasteiger partial charge in [0.1, 0.15) is 9.84 Å². The van der Waals surface area contributed by atoms with Crippen LogP contribution in [0.25, 0.3) is 0 Å². The fraction of sp³-hybridized carbons (Fsp3) is 1.00. The second-order valence-corrected chi connectivity index (χ2v) is 9.69. The highest BCUT2D eigenvalue weighted by Crippen LogP contribution is 2.25. The number of sulfonamides is 1. The summed E-state index contributed by atoms with van der Waals surface area (Å²) in [6, 6.07) is 0.208. The summed E-state index contributed by atoms with van der Waals surface area (Å²) in [4.78, 5) is 0. The average Bonchev–Trinajstić information content (AvgIpc) is 2.22. The molecule has 1 heterocycles. The van der Waals surface area contributed by atoms with Gasteiger partial charge in [-0.15, -0.1) is 0 Å². The molecule has 0 aromatic carbocycles. The lowest BCUT2D eigenvalue weighted by molar-refractivity contribution is 0.267. The number of hydrogen-bond acceptors (Lipinski definition) is 5. The molecule has 8 heteroatoms. The van der Waals surface area contributed by atoms with E-state index in [2.05, 4.69) is 4.72 Å². The van der Waals surface area contributed by atoms with Gasteiger partial charge < -0.3 is 5.73 Å². The lowest BCUT2D eigenvalue weighted by Crippen LogP contribution is -2.46. The molecule has 0 atom stereocenters. The molecule has 0 unspecified atom stereocenters. The molecule has 6 nitrogen and oxygen atoms in total. The Hall–Kier alpha value is -0.180. The highest BCUT2D eigenvalue weighted by Gasteiger charge is 2.34. The monoisotopic (exact) mass is 296 g/mol. The highest BCUT2D eigenvalue weighted by molar-refractivity contribution is 7.92. The van der Waals surface area contributed by atoms with E-state index in [0.717, 1.165) is 12.8 Å². The highest BCUT2D eigenvalue weighted by atomic mass is 32.2. The van der Waals surface area contributed by atoms with Crippen molar-refractivity contribution in [1.82, 2.24) is 4.72 Å². The molecule has 2 rings (SSSR count). The lowest BCUT2D eigenvalue weighted by atomic mass is 9.81. The molecule has 2 aliphatic rings. The third kappa shape index (κ3) is 3.43. The first-order chi connectivity index (χ1) is 8.28. The van der Waals surface area contributed by atoms with Crippen molar-refractivity contribution in [2.24, 2.45) is 11.7 Å². The Morgan fingerprint density at radius 2 is 1.72 bits per heavy atom. The molecule has 18 heavy (non-hydrogen) atoms. The quantitative estimate of drug-likeness (QED) is 0.708. The van der Waals surface area contributed by atoms with Crippen LogP contribution in [-0.2, 0) is 19.9 Å². The van der Waals surface area contributed by atoms with Gasteiger partial charge in [0.2, 0.25) is 10.0 Å². The van der Waals surface area contributed by atoms with Gasteiger partial charge in [-0.05, 0) is 31.6 Å². The van der Waals surface area contributed by atoms with E-state index in [0.29, 0.717) is 12.5 Å². The van der Waals surface area contributed by atoms with Gasteiger partial charge in [0.15, 0.2) is 0 Å². The Morgan fingerprint density at radius 3 is 2.22 bits per heavy atom. The summed E-state index contributed by atoms with van der Waals surface area (Å²) in [6.45, 7) is 0.430. The van der Waals surface area contributed by atoms with Crippen molar-refractivity contribution in [2.45, 2.75) is 37.0 Å². The summed E-state index contributed by atoms with van der Waals surface area (Å²) in [5, 5.41) is -0.560. The molecule has 0 radical (unpaired) electrons. The summed E-state index contributed by atoms with van der Waals surface area (Å²) in [5.74, 6) is 0.293. The van der Waals surface area contributed by atoms with E-state index in [1.165, 1.54) is 0 Å². The SMILES string of the molecule is NC1CC(CNS(=O)(=O)C2CCS(=O)(=O)CC2)C1. The zero-order chi connectivity index (χ0) is 13.4. The first-order valence-electron chi connectivity index (χ1n) is 6.23. The van der Waals surface area contributed by atoms with Gasteiger partial charge in [0.25, 0.3) is 0 Å². The molecule has 0 spiro atoms. The molecule has 1 saturated carbocycles. The summed E-state index contributed by atoms with van der Waals surface area (Å²) < 4.78 is 49.1. The molecule has 3 N–H and O–H groups in total. The van der Waals surface area contributed by atoms with Gasteiger partial charge in [-0.25, -0.2) is 21.6 Å². The van der Waals surface area contributed by atoms with E-state index in [9.17, 15) is 16.8 Å². The Balaban J connectivity index is 1.83. The van der Waals surface area contributed by atoms with Crippen LogP contribution in [0.15, 0.2) is 0 Å². The maximum atomic E-state index is 12.0. The van der Waals surface area contributed by atoms with Crippen LogP contribution in [0.4, 0.5) is 0 Å². The van der Waals surface area contributed by atoms with E-state index >= 15 is 0 Å². The molecule has 106 valence electrons. The molecule has 0 aromatic heterocycles. The van der Waals surface area contributed by atoms with E-state index in [-0.39, 0.29) is 30.4 Å². The summed E-state index contributed by atoms with van der Waals surface area (Å²) in [7, 11) is -6.39. The van der Waals surface area contributed by atoms with Crippen molar-refractivity contribution >= 4 is 19.9 Å². The minimum atomic E-state index is -3.38. The van der Waals surface area contributed by atoms with Crippen LogP contribution in [0.3, 0.4) is 0 Å². The fourth-order valence-electron chi connectivity index (χ4n) is 2.48. The zero-order valence-electron chi connectivity index (χ0n) is 10.2. The van der Waals surface area contributed by atoms with Crippen molar-refractivity contribution in [3.8, 4) is 0 Å². The normalized spacial score (nSPS) is 32.9. The molecule has 2 fully saturated rings. The molecule has 1 saturated heterocycles. The number of sulfone groups is 1. The predicted octanol–water partition coefficient (Wildman–Crippen LogP) is -0.780. The molecule has 0 amide bonds. The standard InChI is InChI=1S/C10H20N2O4S2/c11-9-5-8(6-9)7-12-18(15,16)10-1-3-17(13,14)4-2-10/h8-10,12H,1-7,11H2. The van der Waals surface area contributed by atoms with Crippen LogP contribution < -0.4 is 10.5 Å². The van der Waals surface area contributed by atoms with Crippen LogP contribution in [-0.4, -0.2) is 46.2 Å². The maximum absolute atomic E-state index is 12.0. The number of rotatable bonds is 4. The number of hydrogen-bond donors (Lipinski definition) is 2. The first-order valence-corrected chi connectivity index (χ1v) is 9.60. The molecular weight excluding hydrogens is 276 g/mol. The Morgan fingerprint density at radius 1 is 1.17 bits per heavy atom. The van der Waals surface area contributed by atoms with E-state index < -0.39 is 25.1 Å². The van der Waals surface area contributed by atoms with Crippen molar-refractivity contribution in [3.63, 3.8) is 0 Å². The molecule has 0 aromatic rings. The fourth-order valence-corrected chi connectivity index (χ4v) is 5.83. The van der Waals surface area contributed by atoms with E-state index in [1.54, 1.807) is 0 Å². The minimum Gasteiger partial charge on any atom is -0.328 e. The molecule has 0 bridgehead atoms. The Bertz CT molecular complexity index is 480. The van der Waals surface area contributed by atoms with Gasteiger partial charge >= 0.3 is 0 Å².